The van der Waals surface area contributed by atoms with Gasteiger partial charge in [-0.3, -0.25) is 9.36 Å². The third-order valence-corrected chi connectivity index (χ3v) is 5.83. The topological polar surface area (TPSA) is 60.1 Å². The average molecular weight is 444 g/mol. The number of carbonyl (C=O) groups is 1. The van der Waals surface area contributed by atoms with Crippen LogP contribution in [0, 0.1) is 0 Å². The molecule has 1 amide bonds. The Kier molecular flexibility index (Phi) is 5.90. The summed E-state index contributed by atoms with van der Waals surface area (Å²) in [6.45, 7) is 1.31. The fourth-order valence-corrected chi connectivity index (χ4v) is 4.06. The van der Waals surface area contributed by atoms with E-state index in [0.717, 1.165) is 17.7 Å². The molecule has 1 aliphatic heterocycles. The van der Waals surface area contributed by atoms with Crippen LogP contribution in [0.15, 0.2) is 59.4 Å². The second-order valence-electron chi connectivity index (χ2n) is 7.98. The molecule has 2 aromatic carbocycles. The van der Waals surface area contributed by atoms with E-state index < -0.39 is 11.7 Å². The number of amides is 1. The molecule has 9 heteroatoms. The lowest BCUT2D eigenvalue weighted by molar-refractivity contribution is -0.137. The van der Waals surface area contributed by atoms with Gasteiger partial charge in [-0.15, -0.1) is 0 Å². The zero-order chi connectivity index (χ0) is 22.9. The lowest BCUT2D eigenvalue weighted by Gasteiger charge is -2.31. The van der Waals surface area contributed by atoms with Crippen LogP contribution in [0.5, 0.6) is 0 Å². The first kappa shape index (κ1) is 21.9. The van der Waals surface area contributed by atoms with Crippen molar-refractivity contribution in [3.8, 4) is 0 Å². The molecule has 0 saturated carbocycles. The van der Waals surface area contributed by atoms with Gasteiger partial charge in [0, 0.05) is 31.6 Å². The van der Waals surface area contributed by atoms with Crippen LogP contribution in [-0.4, -0.2) is 38.2 Å². The van der Waals surface area contributed by atoms with Crippen LogP contribution in [-0.2, 0) is 19.8 Å². The number of aromatic nitrogens is 3. The first-order chi connectivity index (χ1) is 15.2. The summed E-state index contributed by atoms with van der Waals surface area (Å²) in [5, 5.41) is 4.45. The van der Waals surface area contributed by atoms with Crippen LogP contribution in [0.2, 0.25) is 0 Å². The molecule has 32 heavy (non-hydrogen) atoms. The van der Waals surface area contributed by atoms with Gasteiger partial charge in [0.2, 0.25) is 0 Å². The Morgan fingerprint density at radius 2 is 1.66 bits per heavy atom. The van der Waals surface area contributed by atoms with Crippen molar-refractivity contribution in [3.63, 3.8) is 0 Å². The van der Waals surface area contributed by atoms with Crippen molar-refractivity contribution < 1.29 is 18.0 Å². The monoisotopic (exact) mass is 444 g/mol. The van der Waals surface area contributed by atoms with Gasteiger partial charge in [0.15, 0.2) is 0 Å². The molecular formula is C23H23F3N4O2. The van der Waals surface area contributed by atoms with Gasteiger partial charge in [-0.25, -0.2) is 9.48 Å². The maximum atomic E-state index is 12.8. The number of rotatable bonds is 4. The fraction of sp³-hybridized carbons (Fsp3) is 0.348. The van der Waals surface area contributed by atoms with Crippen molar-refractivity contribution in [1.82, 2.24) is 19.2 Å². The summed E-state index contributed by atoms with van der Waals surface area (Å²) in [5.74, 6) is 0.423. The molecule has 0 spiro atoms. The van der Waals surface area contributed by atoms with Crippen LogP contribution in [0.1, 0.15) is 46.1 Å². The Labute approximate surface area is 182 Å². The van der Waals surface area contributed by atoms with Crippen LogP contribution >= 0.6 is 0 Å². The van der Waals surface area contributed by atoms with Gasteiger partial charge in [0.05, 0.1) is 12.1 Å². The van der Waals surface area contributed by atoms with E-state index >= 15 is 0 Å². The van der Waals surface area contributed by atoms with Crippen molar-refractivity contribution in [2.45, 2.75) is 31.5 Å². The molecule has 168 valence electrons. The smallest absolute Gasteiger partial charge is 0.339 e. The zero-order valence-corrected chi connectivity index (χ0v) is 17.5. The van der Waals surface area contributed by atoms with Crippen molar-refractivity contribution in [1.29, 1.82) is 0 Å². The van der Waals surface area contributed by atoms with Gasteiger partial charge >= 0.3 is 11.9 Å². The van der Waals surface area contributed by atoms with E-state index in [-0.39, 0.29) is 23.1 Å². The molecule has 2 heterocycles. The summed E-state index contributed by atoms with van der Waals surface area (Å²) in [6.07, 6.45) is -3.19. The van der Waals surface area contributed by atoms with E-state index in [4.69, 9.17) is 0 Å². The number of benzene rings is 2. The third kappa shape index (κ3) is 4.46. The molecule has 0 N–H and O–H groups in total. The molecule has 1 fully saturated rings. The van der Waals surface area contributed by atoms with E-state index in [1.165, 1.54) is 16.8 Å². The number of halogens is 3. The predicted octanol–water partition coefficient (Wildman–Crippen LogP) is 3.67. The highest BCUT2D eigenvalue weighted by Gasteiger charge is 2.31. The number of carbonyl (C=O) groups excluding carboxylic acids is 1. The Morgan fingerprint density at radius 1 is 1.03 bits per heavy atom. The maximum absolute atomic E-state index is 12.8. The molecule has 0 bridgehead atoms. The Balaban J connectivity index is 1.45. The van der Waals surface area contributed by atoms with E-state index in [1.54, 1.807) is 16.5 Å². The summed E-state index contributed by atoms with van der Waals surface area (Å²) in [4.78, 5) is 27.0. The highest BCUT2D eigenvalue weighted by molar-refractivity contribution is 5.94. The second-order valence-corrected chi connectivity index (χ2v) is 7.98. The van der Waals surface area contributed by atoms with Gasteiger partial charge < -0.3 is 4.90 Å². The highest BCUT2D eigenvalue weighted by atomic mass is 19.4. The minimum Gasteiger partial charge on any atom is -0.339 e. The lowest BCUT2D eigenvalue weighted by Crippen LogP contribution is -2.38. The van der Waals surface area contributed by atoms with E-state index in [0.29, 0.717) is 38.3 Å². The number of likely N-dealkylation sites (tertiary alicyclic amines) is 1. The normalized spacial score (nSPS) is 15.2. The molecule has 3 aromatic rings. The minimum atomic E-state index is -4.43. The van der Waals surface area contributed by atoms with Crippen LogP contribution in [0.3, 0.4) is 0 Å². The van der Waals surface area contributed by atoms with E-state index in [9.17, 15) is 22.8 Å². The molecule has 0 radical (unpaired) electrons. The molecule has 0 aliphatic carbocycles. The largest absolute Gasteiger partial charge is 0.416 e. The van der Waals surface area contributed by atoms with Gasteiger partial charge in [0.25, 0.3) is 5.91 Å². The minimum absolute atomic E-state index is 0.0178. The van der Waals surface area contributed by atoms with Crippen molar-refractivity contribution >= 4 is 5.91 Å². The highest BCUT2D eigenvalue weighted by Crippen LogP contribution is 2.30. The molecule has 1 aromatic heterocycles. The molecule has 1 saturated heterocycles. The molecular weight excluding hydrogens is 421 g/mol. The first-order valence-electron chi connectivity index (χ1n) is 10.4. The Bertz CT molecular complexity index is 1140. The van der Waals surface area contributed by atoms with Crippen molar-refractivity contribution in [2.24, 2.45) is 7.05 Å². The average Bonchev–Trinajstić information content (AvgIpc) is 3.07. The standard InChI is InChI=1S/C23H23F3N4O2/c1-28-22(32)30(15-16-5-3-2-4-6-16)20(27-28)17-11-13-29(14-12-17)21(31)18-7-9-19(10-8-18)23(24,25)26/h2-10,17H,11-15H2,1H3. The van der Waals surface area contributed by atoms with Gasteiger partial charge in [-0.05, 0) is 42.7 Å². The fourth-order valence-electron chi connectivity index (χ4n) is 4.06. The first-order valence-corrected chi connectivity index (χ1v) is 10.4. The third-order valence-electron chi connectivity index (χ3n) is 5.83. The number of alkyl halides is 3. The second kappa shape index (κ2) is 8.64. The summed E-state index contributed by atoms with van der Waals surface area (Å²) in [6, 6.07) is 13.9. The van der Waals surface area contributed by atoms with E-state index in [2.05, 4.69) is 5.10 Å². The SMILES string of the molecule is Cn1nc(C2CCN(C(=O)c3ccc(C(F)(F)F)cc3)CC2)n(Cc2ccccc2)c1=O. The summed E-state index contributed by atoms with van der Waals surface area (Å²) in [5.41, 5.74) is 0.264. The van der Waals surface area contributed by atoms with Crippen LogP contribution in [0.25, 0.3) is 0 Å². The quantitative estimate of drug-likeness (QED) is 0.617. The summed E-state index contributed by atoms with van der Waals surface area (Å²) in [7, 11) is 1.62. The number of hydrogen-bond donors (Lipinski definition) is 0. The maximum Gasteiger partial charge on any atom is 0.416 e. The number of nitrogens with zero attached hydrogens (tertiary/aromatic N) is 4. The van der Waals surface area contributed by atoms with Gasteiger partial charge in [-0.1, -0.05) is 30.3 Å². The lowest BCUT2D eigenvalue weighted by atomic mass is 9.95. The Hall–Kier alpha value is -3.36. The van der Waals surface area contributed by atoms with Crippen LogP contribution < -0.4 is 5.69 Å². The molecule has 4 rings (SSSR count). The molecule has 0 unspecified atom stereocenters. The zero-order valence-electron chi connectivity index (χ0n) is 17.5. The predicted molar refractivity (Wildman–Crippen MR) is 112 cm³/mol. The Morgan fingerprint density at radius 3 is 2.25 bits per heavy atom. The number of piperidine rings is 1. The molecule has 1 aliphatic rings. The van der Waals surface area contributed by atoms with E-state index in [1.807, 2.05) is 30.3 Å². The van der Waals surface area contributed by atoms with Crippen molar-refractivity contribution in [2.75, 3.05) is 13.1 Å². The van der Waals surface area contributed by atoms with Crippen molar-refractivity contribution in [3.05, 3.63) is 87.6 Å². The van der Waals surface area contributed by atoms with Crippen LogP contribution in [0.4, 0.5) is 13.2 Å². The molecule has 6 nitrogen and oxygen atoms in total. The number of hydrogen-bond acceptors (Lipinski definition) is 3. The summed E-state index contributed by atoms with van der Waals surface area (Å²) < 4.78 is 41.3. The number of aryl methyl sites for hydroxylation is 1. The van der Waals surface area contributed by atoms with Gasteiger partial charge in [-0.2, -0.15) is 18.3 Å². The molecule has 0 atom stereocenters. The summed E-state index contributed by atoms with van der Waals surface area (Å²) >= 11 is 0. The van der Waals surface area contributed by atoms with Gasteiger partial charge in [0.1, 0.15) is 5.82 Å².